The van der Waals surface area contributed by atoms with Crippen LogP contribution in [0.2, 0.25) is 0 Å². The summed E-state index contributed by atoms with van der Waals surface area (Å²) in [5, 5.41) is 3.37. The van der Waals surface area contributed by atoms with Gasteiger partial charge in [0.15, 0.2) is 0 Å². The summed E-state index contributed by atoms with van der Waals surface area (Å²) in [7, 11) is -3.46. The third kappa shape index (κ3) is 5.49. The Bertz CT molecular complexity index is 660. The van der Waals surface area contributed by atoms with E-state index in [9.17, 15) is 8.42 Å². The fourth-order valence-corrected chi connectivity index (χ4v) is 6.28. The van der Waals surface area contributed by atoms with Crippen LogP contribution >= 0.6 is 23.3 Å². The van der Waals surface area contributed by atoms with Crippen LogP contribution in [-0.4, -0.2) is 37.9 Å². The molecule has 2 rings (SSSR count). The van der Waals surface area contributed by atoms with Crippen molar-refractivity contribution in [2.24, 2.45) is 0 Å². The summed E-state index contributed by atoms with van der Waals surface area (Å²) in [4.78, 5) is 0. The van der Waals surface area contributed by atoms with Gasteiger partial charge in [0.25, 0.3) is 10.0 Å². The Balaban J connectivity index is 2.04. The highest BCUT2D eigenvalue weighted by atomic mass is 32.3. The van der Waals surface area contributed by atoms with Crippen molar-refractivity contribution in [1.82, 2.24) is 14.3 Å². The van der Waals surface area contributed by atoms with Crippen molar-refractivity contribution in [3.05, 3.63) is 17.8 Å². The van der Waals surface area contributed by atoms with E-state index in [2.05, 4.69) is 21.3 Å². The summed E-state index contributed by atoms with van der Waals surface area (Å²) in [6, 6.07) is 1.75. The predicted octanol–water partition coefficient (Wildman–Crippen LogP) is 3.12. The van der Waals surface area contributed by atoms with Crippen LogP contribution in [0.3, 0.4) is 0 Å². The van der Waals surface area contributed by atoms with Gasteiger partial charge in [0.1, 0.15) is 4.21 Å². The molecule has 0 bridgehead atoms. The second-order valence-corrected chi connectivity index (χ2v) is 10.7. The van der Waals surface area contributed by atoms with Gasteiger partial charge in [-0.25, -0.2) is 13.1 Å². The summed E-state index contributed by atoms with van der Waals surface area (Å²) in [6.45, 7) is 10.5. The van der Waals surface area contributed by atoms with Gasteiger partial charge in [0, 0.05) is 30.4 Å². The molecule has 23 heavy (non-hydrogen) atoms. The zero-order valence-corrected chi connectivity index (χ0v) is 16.5. The van der Waals surface area contributed by atoms with Crippen LogP contribution in [0, 0.1) is 0 Å². The Hall–Kier alpha value is -0.540. The van der Waals surface area contributed by atoms with E-state index < -0.39 is 15.6 Å². The number of rotatable bonds is 7. The molecule has 1 aromatic rings. The lowest BCUT2D eigenvalue weighted by Crippen LogP contribution is -2.40. The number of thiophene rings is 1. The molecule has 1 aliphatic heterocycles. The molecule has 8 heteroatoms. The Morgan fingerprint density at radius 2 is 2.00 bits per heavy atom. The van der Waals surface area contributed by atoms with E-state index in [4.69, 9.17) is 0 Å². The molecular formula is C15H25N3O2S3. The van der Waals surface area contributed by atoms with E-state index in [0.717, 1.165) is 35.8 Å². The Morgan fingerprint density at radius 3 is 2.65 bits per heavy atom. The van der Waals surface area contributed by atoms with E-state index in [1.165, 1.54) is 11.3 Å². The van der Waals surface area contributed by atoms with Crippen LogP contribution in [0.15, 0.2) is 20.7 Å². The summed E-state index contributed by atoms with van der Waals surface area (Å²) in [5.41, 5.74) is 0.496. The molecular weight excluding hydrogens is 350 g/mol. The summed E-state index contributed by atoms with van der Waals surface area (Å²) >= 11 is 2.93. The second-order valence-electron chi connectivity index (χ2n) is 6.46. The van der Waals surface area contributed by atoms with Crippen molar-refractivity contribution in [2.45, 2.75) is 48.1 Å². The first-order valence-corrected chi connectivity index (χ1v) is 10.8. The van der Waals surface area contributed by atoms with Crippen LogP contribution in [0.25, 0.3) is 6.08 Å². The van der Waals surface area contributed by atoms with E-state index in [0.29, 0.717) is 4.21 Å². The standard InChI is InChI=1S/C15H25N3O2S3/c1-5-7-16-8-10-18-9-6-12-11-13(21-14(12)22-18)23(19,20)17-15(2,3)4/h6,9,11,16-17H,5,7-8,10H2,1-4H3. The molecule has 130 valence electrons. The molecule has 0 aliphatic carbocycles. The molecule has 1 aliphatic rings. The highest BCUT2D eigenvalue weighted by Gasteiger charge is 2.26. The SMILES string of the molecule is CCCNCCN1C=Cc2cc(S(=O)(=O)NC(C)(C)C)sc2S1. The average molecular weight is 376 g/mol. The molecule has 2 N–H and O–H groups in total. The van der Waals surface area contributed by atoms with Gasteiger partial charge in [-0.15, -0.1) is 11.3 Å². The molecule has 0 saturated carbocycles. The van der Waals surface area contributed by atoms with Gasteiger partial charge in [-0.05, 0) is 57.8 Å². The first kappa shape index (κ1) is 18.8. The van der Waals surface area contributed by atoms with Gasteiger partial charge < -0.3 is 9.62 Å². The van der Waals surface area contributed by atoms with Gasteiger partial charge in [0.05, 0.1) is 4.21 Å². The number of sulfonamides is 1. The third-order valence-corrected chi connectivity index (χ3v) is 7.56. The molecule has 0 atom stereocenters. The molecule has 2 heterocycles. The van der Waals surface area contributed by atoms with Gasteiger partial charge in [-0.3, -0.25) is 0 Å². The summed E-state index contributed by atoms with van der Waals surface area (Å²) in [5.74, 6) is 0. The number of fused-ring (bicyclic) bond motifs is 1. The monoisotopic (exact) mass is 375 g/mol. The largest absolute Gasteiger partial charge is 0.317 e. The molecule has 0 amide bonds. The van der Waals surface area contributed by atoms with Crippen LogP contribution in [-0.2, 0) is 10.0 Å². The maximum Gasteiger partial charge on any atom is 0.250 e. The van der Waals surface area contributed by atoms with E-state index in [1.807, 2.05) is 33.0 Å². The minimum atomic E-state index is -3.46. The molecule has 0 saturated heterocycles. The summed E-state index contributed by atoms with van der Waals surface area (Å²) in [6.07, 6.45) is 5.12. The normalized spacial score (nSPS) is 15.0. The van der Waals surface area contributed by atoms with Crippen molar-refractivity contribution >= 4 is 39.4 Å². The number of hydrogen-bond acceptors (Lipinski definition) is 6. The average Bonchev–Trinajstić information content (AvgIpc) is 2.85. The van der Waals surface area contributed by atoms with Gasteiger partial charge in [0.2, 0.25) is 0 Å². The maximum atomic E-state index is 12.4. The Labute approximate surface area is 147 Å². The van der Waals surface area contributed by atoms with Crippen molar-refractivity contribution in [3.63, 3.8) is 0 Å². The smallest absolute Gasteiger partial charge is 0.250 e. The molecule has 0 fully saturated rings. The van der Waals surface area contributed by atoms with Crippen molar-refractivity contribution in [3.8, 4) is 0 Å². The fraction of sp³-hybridized carbons (Fsp3) is 0.600. The third-order valence-electron chi connectivity index (χ3n) is 2.96. The zero-order chi connectivity index (χ0) is 17.1. The number of nitrogens with one attached hydrogen (secondary N) is 2. The van der Waals surface area contributed by atoms with Crippen LogP contribution in [0.4, 0.5) is 0 Å². The highest BCUT2D eigenvalue weighted by molar-refractivity contribution is 7.99. The lowest BCUT2D eigenvalue weighted by molar-refractivity contribution is 0.492. The Morgan fingerprint density at radius 1 is 1.26 bits per heavy atom. The quantitative estimate of drug-likeness (QED) is 0.566. The summed E-state index contributed by atoms with van der Waals surface area (Å²) < 4.78 is 31.1. The van der Waals surface area contributed by atoms with Crippen molar-refractivity contribution < 1.29 is 8.42 Å². The molecule has 0 radical (unpaired) electrons. The van der Waals surface area contributed by atoms with Crippen LogP contribution < -0.4 is 10.0 Å². The first-order chi connectivity index (χ1) is 10.7. The predicted molar refractivity (Wildman–Crippen MR) is 99.2 cm³/mol. The van der Waals surface area contributed by atoms with Gasteiger partial charge >= 0.3 is 0 Å². The maximum absolute atomic E-state index is 12.4. The fourth-order valence-electron chi connectivity index (χ4n) is 2.05. The second kappa shape index (κ2) is 7.57. The minimum absolute atomic E-state index is 0.375. The molecule has 0 aromatic carbocycles. The lowest BCUT2D eigenvalue weighted by Gasteiger charge is -2.21. The topological polar surface area (TPSA) is 61.4 Å². The number of nitrogens with zero attached hydrogens (tertiary/aromatic N) is 1. The van der Waals surface area contributed by atoms with E-state index in [1.54, 1.807) is 18.0 Å². The first-order valence-electron chi connectivity index (χ1n) is 7.72. The van der Waals surface area contributed by atoms with E-state index in [-0.39, 0.29) is 0 Å². The molecule has 0 unspecified atom stereocenters. The highest BCUT2D eigenvalue weighted by Crippen LogP contribution is 2.40. The number of hydrogen-bond donors (Lipinski definition) is 2. The minimum Gasteiger partial charge on any atom is -0.317 e. The zero-order valence-electron chi connectivity index (χ0n) is 14.0. The van der Waals surface area contributed by atoms with Crippen molar-refractivity contribution in [2.75, 3.05) is 19.6 Å². The molecule has 5 nitrogen and oxygen atoms in total. The molecule has 1 aromatic heterocycles. The Kier molecular flexibility index (Phi) is 6.18. The molecule has 0 spiro atoms. The van der Waals surface area contributed by atoms with Crippen molar-refractivity contribution in [1.29, 1.82) is 0 Å². The van der Waals surface area contributed by atoms with Gasteiger partial charge in [-0.2, -0.15) is 0 Å². The van der Waals surface area contributed by atoms with E-state index >= 15 is 0 Å². The van der Waals surface area contributed by atoms with Gasteiger partial charge in [-0.1, -0.05) is 6.92 Å². The van der Waals surface area contributed by atoms with Crippen LogP contribution in [0.1, 0.15) is 39.7 Å². The lowest BCUT2D eigenvalue weighted by atomic mass is 10.1. The van der Waals surface area contributed by atoms with Crippen LogP contribution in [0.5, 0.6) is 0 Å².